The van der Waals surface area contributed by atoms with Crippen LogP contribution in [0.2, 0.25) is 0 Å². The van der Waals surface area contributed by atoms with Gasteiger partial charge in [0.15, 0.2) is 0 Å². The molecule has 2 heteroatoms. The van der Waals surface area contributed by atoms with Crippen LogP contribution >= 0.6 is 0 Å². The molecule has 90 valence electrons. The maximum Gasteiger partial charge on any atom is 0.0193 e. The average Bonchev–Trinajstić information content (AvgIpc) is 2.40. The Bertz CT molecular complexity index is 183. The first kappa shape index (κ1) is 13.0. The molecule has 0 amide bonds. The van der Waals surface area contributed by atoms with Gasteiger partial charge in [0.25, 0.3) is 0 Å². The minimum atomic E-state index is 0.383. The Kier molecular flexibility index (Phi) is 4.60. The molecule has 2 N–H and O–H groups in total. The molecule has 1 aliphatic heterocycles. The van der Waals surface area contributed by atoms with Crippen LogP contribution < -0.4 is 5.73 Å². The van der Waals surface area contributed by atoms with E-state index in [1.165, 1.54) is 32.2 Å². The molecule has 1 rings (SSSR count). The van der Waals surface area contributed by atoms with Gasteiger partial charge in [-0.15, -0.1) is 0 Å². The van der Waals surface area contributed by atoms with Gasteiger partial charge < -0.3 is 5.73 Å². The molecule has 2 nitrogen and oxygen atoms in total. The fraction of sp³-hybridized carbons (Fsp3) is 1.00. The molecule has 0 spiro atoms. The molecule has 0 aromatic carbocycles. The Hall–Kier alpha value is -0.0800. The maximum atomic E-state index is 5.82. The molecule has 2 unspecified atom stereocenters. The Morgan fingerprint density at radius 3 is 2.47 bits per heavy atom. The van der Waals surface area contributed by atoms with E-state index in [4.69, 9.17) is 5.73 Å². The van der Waals surface area contributed by atoms with Gasteiger partial charge in [0.05, 0.1) is 0 Å². The zero-order valence-electron chi connectivity index (χ0n) is 10.9. The lowest BCUT2D eigenvalue weighted by Crippen LogP contribution is -2.50. The third-order valence-corrected chi connectivity index (χ3v) is 3.70. The molecule has 2 atom stereocenters. The van der Waals surface area contributed by atoms with Gasteiger partial charge in [-0.1, -0.05) is 33.6 Å². The van der Waals surface area contributed by atoms with Gasteiger partial charge >= 0.3 is 0 Å². The van der Waals surface area contributed by atoms with Crippen LogP contribution in [0.15, 0.2) is 0 Å². The van der Waals surface area contributed by atoms with E-state index in [-0.39, 0.29) is 0 Å². The minimum Gasteiger partial charge on any atom is -0.329 e. The topological polar surface area (TPSA) is 29.3 Å². The Labute approximate surface area is 95.2 Å². The summed E-state index contributed by atoms with van der Waals surface area (Å²) in [5, 5.41) is 0. The lowest BCUT2D eigenvalue weighted by molar-refractivity contribution is 0.0690. The third kappa shape index (κ3) is 3.46. The number of nitrogens with zero attached hydrogens (tertiary/aromatic N) is 1. The lowest BCUT2D eigenvalue weighted by atomic mass is 9.82. The third-order valence-electron chi connectivity index (χ3n) is 3.70. The van der Waals surface area contributed by atoms with Crippen LogP contribution in [-0.2, 0) is 0 Å². The molecule has 0 aromatic heterocycles. The van der Waals surface area contributed by atoms with Crippen molar-refractivity contribution in [1.82, 2.24) is 4.90 Å². The summed E-state index contributed by atoms with van der Waals surface area (Å²) in [4.78, 5) is 2.65. The summed E-state index contributed by atoms with van der Waals surface area (Å²) >= 11 is 0. The lowest BCUT2D eigenvalue weighted by Gasteiger charge is -2.42. The smallest absolute Gasteiger partial charge is 0.0193 e. The number of rotatable bonds is 2. The van der Waals surface area contributed by atoms with Crippen LogP contribution in [0.25, 0.3) is 0 Å². The monoisotopic (exact) mass is 212 g/mol. The summed E-state index contributed by atoms with van der Waals surface area (Å²) in [6, 6.07) is 1.24. The van der Waals surface area contributed by atoms with Gasteiger partial charge in [-0.05, 0) is 31.7 Å². The Morgan fingerprint density at radius 1 is 1.27 bits per heavy atom. The van der Waals surface area contributed by atoms with Crippen LogP contribution in [0.4, 0.5) is 0 Å². The number of hydrogen-bond donors (Lipinski definition) is 1. The van der Waals surface area contributed by atoms with Crippen molar-refractivity contribution in [3.05, 3.63) is 0 Å². The number of likely N-dealkylation sites (tertiary alicyclic amines) is 1. The van der Waals surface area contributed by atoms with Gasteiger partial charge in [-0.25, -0.2) is 0 Å². The second kappa shape index (κ2) is 5.31. The Morgan fingerprint density at radius 2 is 1.93 bits per heavy atom. The van der Waals surface area contributed by atoms with E-state index in [0.717, 1.165) is 6.54 Å². The fourth-order valence-corrected chi connectivity index (χ4v) is 2.72. The molecule has 1 saturated heterocycles. The molecule has 1 aliphatic rings. The summed E-state index contributed by atoms with van der Waals surface area (Å²) in [5.74, 6) is 0. The molecule has 1 fully saturated rings. The average molecular weight is 212 g/mol. The van der Waals surface area contributed by atoms with E-state index in [9.17, 15) is 0 Å². The van der Waals surface area contributed by atoms with Crippen molar-refractivity contribution in [3.63, 3.8) is 0 Å². The van der Waals surface area contributed by atoms with Gasteiger partial charge in [0.1, 0.15) is 0 Å². The summed E-state index contributed by atoms with van der Waals surface area (Å²) in [6.07, 6.45) is 5.46. The first-order chi connectivity index (χ1) is 6.96. The molecular weight excluding hydrogens is 184 g/mol. The van der Waals surface area contributed by atoms with E-state index in [2.05, 4.69) is 32.6 Å². The second-order valence-electron chi connectivity index (χ2n) is 6.05. The predicted molar refractivity (Wildman–Crippen MR) is 66.9 cm³/mol. The molecule has 0 radical (unpaired) electrons. The van der Waals surface area contributed by atoms with E-state index in [1.807, 2.05) is 0 Å². The molecule has 1 heterocycles. The van der Waals surface area contributed by atoms with Crippen LogP contribution in [0.3, 0.4) is 0 Å². The van der Waals surface area contributed by atoms with Crippen molar-refractivity contribution in [3.8, 4) is 0 Å². The van der Waals surface area contributed by atoms with Crippen LogP contribution in [0, 0.1) is 5.41 Å². The van der Waals surface area contributed by atoms with Gasteiger partial charge in [-0.2, -0.15) is 0 Å². The molecule has 0 aromatic rings. The highest BCUT2D eigenvalue weighted by molar-refractivity contribution is 4.87. The molecule has 0 saturated carbocycles. The summed E-state index contributed by atoms with van der Waals surface area (Å²) < 4.78 is 0. The van der Waals surface area contributed by atoms with Crippen molar-refractivity contribution in [2.75, 3.05) is 13.1 Å². The van der Waals surface area contributed by atoms with Crippen LogP contribution in [0.5, 0.6) is 0 Å². The molecule has 0 bridgehead atoms. The van der Waals surface area contributed by atoms with Crippen LogP contribution in [-0.4, -0.2) is 30.1 Å². The number of hydrogen-bond acceptors (Lipinski definition) is 2. The zero-order chi connectivity index (χ0) is 11.5. The highest BCUT2D eigenvalue weighted by Crippen LogP contribution is 2.32. The minimum absolute atomic E-state index is 0.383. The molecule has 0 aliphatic carbocycles. The van der Waals surface area contributed by atoms with Gasteiger partial charge in [-0.3, -0.25) is 4.90 Å². The molecular formula is C13H28N2. The number of nitrogens with two attached hydrogens (primary N) is 1. The van der Waals surface area contributed by atoms with Crippen LogP contribution in [0.1, 0.15) is 53.4 Å². The molecule has 15 heavy (non-hydrogen) atoms. The standard InChI is InChI=1S/C13H28N2/c1-11(10-14)15-9-7-5-6-8-12(15)13(2,3)4/h11-12H,5-10,14H2,1-4H3. The van der Waals surface area contributed by atoms with Crippen molar-refractivity contribution < 1.29 is 0 Å². The van der Waals surface area contributed by atoms with E-state index in [1.54, 1.807) is 0 Å². The second-order valence-corrected chi connectivity index (χ2v) is 6.05. The SMILES string of the molecule is CC(CN)N1CCCCCC1C(C)(C)C. The highest BCUT2D eigenvalue weighted by Gasteiger charge is 2.33. The fourth-order valence-electron chi connectivity index (χ4n) is 2.72. The van der Waals surface area contributed by atoms with E-state index >= 15 is 0 Å². The van der Waals surface area contributed by atoms with Gasteiger partial charge in [0.2, 0.25) is 0 Å². The summed E-state index contributed by atoms with van der Waals surface area (Å²) in [7, 11) is 0. The maximum absolute atomic E-state index is 5.82. The predicted octanol–water partition coefficient (Wildman–Crippen LogP) is 2.62. The van der Waals surface area contributed by atoms with Crippen molar-refractivity contribution >= 4 is 0 Å². The first-order valence-corrected chi connectivity index (χ1v) is 6.42. The highest BCUT2D eigenvalue weighted by atomic mass is 15.2. The summed E-state index contributed by atoms with van der Waals surface area (Å²) in [6.45, 7) is 11.4. The van der Waals surface area contributed by atoms with Crippen molar-refractivity contribution in [1.29, 1.82) is 0 Å². The van der Waals surface area contributed by atoms with E-state index in [0.29, 0.717) is 17.5 Å². The van der Waals surface area contributed by atoms with Gasteiger partial charge in [0, 0.05) is 18.6 Å². The zero-order valence-corrected chi connectivity index (χ0v) is 10.9. The normalized spacial score (nSPS) is 27.4. The van der Waals surface area contributed by atoms with Crippen molar-refractivity contribution in [2.24, 2.45) is 11.1 Å². The largest absolute Gasteiger partial charge is 0.329 e. The quantitative estimate of drug-likeness (QED) is 0.762. The summed E-state index contributed by atoms with van der Waals surface area (Å²) in [5.41, 5.74) is 6.20. The van der Waals surface area contributed by atoms with Crippen molar-refractivity contribution in [2.45, 2.75) is 65.5 Å². The Balaban J connectivity index is 2.76. The van der Waals surface area contributed by atoms with E-state index < -0.39 is 0 Å². The first-order valence-electron chi connectivity index (χ1n) is 6.42.